The number of nitrogens with zero attached hydrogens (tertiary/aromatic N) is 2. The molecule has 0 saturated heterocycles. The minimum absolute atomic E-state index is 0.0894. The number of thiazole rings is 1. The van der Waals surface area contributed by atoms with Gasteiger partial charge in [-0.05, 0) is 18.2 Å². The van der Waals surface area contributed by atoms with Gasteiger partial charge >= 0.3 is 0 Å². The van der Waals surface area contributed by atoms with Crippen LogP contribution in [0.15, 0.2) is 41.8 Å². The zero-order chi connectivity index (χ0) is 22.1. The Hall–Kier alpha value is -3.21. The van der Waals surface area contributed by atoms with Crippen LogP contribution in [0, 0.1) is 10.1 Å². The van der Waals surface area contributed by atoms with E-state index in [9.17, 15) is 14.9 Å². The standard InChI is InChI=1S/C20H14ClN3O5S2/c1-28-14-7-6-10(8-15(14)29-2)12-9-30-20(22-12)23-19(25)18-16(21)11-4-3-5-13(24(26)27)17(11)31-18/h3-9H,1-2H3,(H,22,23,25). The molecule has 31 heavy (non-hydrogen) atoms. The maximum absolute atomic E-state index is 12.8. The number of carbonyl (C=O) groups is 1. The van der Waals surface area contributed by atoms with Crippen molar-refractivity contribution >= 4 is 61.1 Å². The number of nitrogens with one attached hydrogen (secondary N) is 1. The number of amides is 1. The summed E-state index contributed by atoms with van der Waals surface area (Å²) in [5, 5.41) is 16.8. The van der Waals surface area contributed by atoms with Crippen LogP contribution in [0.3, 0.4) is 0 Å². The number of methoxy groups -OCH3 is 2. The van der Waals surface area contributed by atoms with Crippen LogP contribution in [0.1, 0.15) is 9.67 Å². The third-order valence-corrected chi connectivity index (χ3v) is 6.93. The summed E-state index contributed by atoms with van der Waals surface area (Å²) in [5.74, 6) is 0.689. The van der Waals surface area contributed by atoms with Crippen LogP contribution in [-0.2, 0) is 0 Å². The Morgan fingerprint density at radius 1 is 1.19 bits per heavy atom. The zero-order valence-electron chi connectivity index (χ0n) is 16.2. The maximum atomic E-state index is 12.8. The fourth-order valence-corrected chi connectivity index (χ4v) is 5.18. The average Bonchev–Trinajstić information content (AvgIpc) is 3.37. The fourth-order valence-electron chi connectivity index (χ4n) is 2.98. The van der Waals surface area contributed by atoms with E-state index >= 15 is 0 Å². The molecule has 0 bridgehead atoms. The first-order chi connectivity index (χ1) is 14.9. The SMILES string of the molecule is COc1ccc(-c2csc(NC(=O)c3sc4c([N+](=O)[O-])cccc4c3Cl)n2)cc1OC. The quantitative estimate of drug-likeness (QED) is 0.277. The molecule has 2 aromatic carbocycles. The Kier molecular flexibility index (Phi) is 5.77. The molecule has 158 valence electrons. The molecule has 2 aromatic heterocycles. The Labute approximate surface area is 189 Å². The van der Waals surface area contributed by atoms with E-state index in [2.05, 4.69) is 10.3 Å². The van der Waals surface area contributed by atoms with Gasteiger partial charge in [0.05, 0.1) is 29.9 Å². The van der Waals surface area contributed by atoms with Gasteiger partial charge in [-0.2, -0.15) is 0 Å². The first-order valence-electron chi connectivity index (χ1n) is 8.77. The lowest BCUT2D eigenvalue weighted by Crippen LogP contribution is -2.10. The minimum Gasteiger partial charge on any atom is -0.493 e. The average molecular weight is 476 g/mol. The number of benzene rings is 2. The van der Waals surface area contributed by atoms with Crippen molar-refractivity contribution in [3.8, 4) is 22.8 Å². The Morgan fingerprint density at radius 2 is 1.97 bits per heavy atom. The largest absolute Gasteiger partial charge is 0.493 e. The van der Waals surface area contributed by atoms with Gasteiger partial charge in [0.15, 0.2) is 16.6 Å². The van der Waals surface area contributed by atoms with Gasteiger partial charge in [-0.25, -0.2) is 4.98 Å². The van der Waals surface area contributed by atoms with Gasteiger partial charge in [0, 0.05) is 22.4 Å². The van der Waals surface area contributed by atoms with Crippen molar-refractivity contribution in [3.63, 3.8) is 0 Å². The Bertz CT molecular complexity index is 1320. The second-order valence-electron chi connectivity index (χ2n) is 6.22. The van der Waals surface area contributed by atoms with Crippen LogP contribution in [0.5, 0.6) is 11.5 Å². The number of hydrogen-bond donors (Lipinski definition) is 1. The van der Waals surface area contributed by atoms with Crippen LogP contribution < -0.4 is 14.8 Å². The van der Waals surface area contributed by atoms with E-state index in [1.165, 1.54) is 23.5 Å². The van der Waals surface area contributed by atoms with E-state index in [0.29, 0.717) is 32.4 Å². The number of aromatic nitrogens is 1. The van der Waals surface area contributed by atoms with Crippen molar-refractivity contribution in [2.45, 2.75) is 0 Å². The van der Waals surface area contributed by atoms with Crippen LogP contribution in [0.4, 0.5) is 10.8 Å². The maximum Gasteiger partial charge on any atom is 0.287 e. The number of ether oxygens (including phenoxy) is 2. The van der Waals surface area contributed by atoms with Crippen molar-refractivity contribution in [3.05, 3.63) is 61.8 Å². The highest BCUT2D eigenvalue weighted by Crippen LogP contribution is 2.40. The summed E-state index contributed by atoms with van der Waals surface area (Å²) in [5.41, 5.74) is 1.36. The van der Waals surface area contributed by atoms with E-state index in [1.54, 1.807) is 37.8 Å². The molecule has 0 aliphatic carbocycles. The van der Waals surface area contributed by atoms with E-state index in [0.717, 1.165) is 16.9 Å². The highest BCUT2D eigenvalue weighted by atomic mass is 35.5. The number of halogens is 1. The Balaban J connectivity index is 1.61. The van der Waals surface area contributed by atoms with Gasteiger partial charge in [-0.1, -0.05) is 23.7 Å². The van der Waals surface area contributed by atoms with Crippen molar-refractivity contribution < 1.29 is 19.2 Å². The Morgan fingerprint density at radius 3 is 2.68 bits per heavy atom. The van der Waals surface area contributed by atoms with Crippen LogP contribution in [0.2, 0.25) is 5.02 Å². The van der Waals surface area contributed by atoms with Crippen molar-refractivity contribution in [2.24, 2.45) is 0 Å². The fraction of sp³-hybridized carbons (Fsp3) is 0.100. The monoisotopic (exact) mass is 475 g/mol. The third-order valence-electron chi connectivity index (χ3n) is 4.44. The zero-order valence-corrected chi connectivity index (χ0v) is 18.6. The number of nitro benzene ring substituents is 1. The second kappa shape index (κ2) is 8.50. The van der Waals surface area contributed by atoms with Crippen LogP contribution in [0.25, 0.3) is 21.3 Å². The van der Waals surface area contributed by atoms with E-state index in [4.69, 9.17) is 21.1 Å². The molecule has 4 rings (SSSR count). The molecule has 1 N–H and O–H groups in total. The molecule has 2 heterocycles. The number of non-ortho nitro benzene ring substituents is 1. The first kappa shape index (κ1) is 21.0. The number of carbonyl (C=O) groups excluding carboxylic acids is 1. The van der Waals surface area contributed by atoms with Gasteiger partial charge in [0.1, 0.15) is 9.58 Å². The second-order valence-corrected chi connectivity index (χ2v) is 8.47. The van der Waals surface area contributed by atoms with Gasteiger partial charge in [-0.3, -0.25) is 20.2 Å². The van der Waals surface area contributed by atoms with E-state index in [1.807, 2.05) is 6.07 Å². The number of nitro groups is 1. The van der Waals surface area contributed by atoms with E-state index < -0.39 is 10.8 Å². The smallest absolute Gasteiger partial charge is 0.287 e. The summed E-state index contributed by atoms with van der Waals surface area (Å²) in [6, 6.07) is 9.97. The van der Waals surface area contributed by atoms with Crippen molar-refractivity contribution in [1.29, 1.82) is 0 Å². The lowest BCUT2D eigenvalue weighted by atomic mass is 10.1. The van der Waals surface area contributed by atoms with Gasteiger partial charge < -0.3 is 9.47 Å². The number of anilines is 1. The number of thiophene rings is 1. The molecule has 0 aliphatic heterocycles. The summed E-state index contributed by atoms with van der Waals surface area (Å²) in [6.07, 6.45) is 0. The molecule has 0 atom stereocenters. The van der Waals surface area contributed by atoms with Gasteiger partial charge in [0.2, 0.25) is 0 Å². The highest BCUT2D eigenvalue weighted by Gasteiger charge is 2.23. The topological polar surface area (TPSA) is 104 Å². The molecular formula is C20H14ClN3O5S2. The molecule has 4 aromatic rings. The van der Waals surface area contributed by atoms with Crippen molar-refractivity contribution in [1.82, 2.24) is 4.98 Å². The number of rotatable bonds is 6. The first-order valence-corrected chi connectivity index (χ1v) is 10.8. The molecule has 0 fully saturated rings. The summed E-state index contributed by atoms with van der Waals surface area (Å²) < 4.78 is 10.9. The number of fused-ring (bicyclic) bond motifs is 1. The predicted octanol–water partition coefficient (Wildman–Crippen LogP) is 5.86. The normalized spacial score (nSPS) is 10.8. The summed E-state index contributed by atoms with van der Waals surface area (Å²) in [6.45, 7) is 0. The van der Waals surface area contributed by atoms with Gasteiger partial charge in [0.25, 0.3) is 11.6 Å². The molecule has 0 aliphatic rings. The van der Waals surface area contributed by atoms with Crippen molar-refractivity contribution in [2.75, 3.05) is 19.5 Å². The van der Waals surface area contributed by atoms with E-state index in [-0.39, 0.29) is 15.6 Å². The highest BCUT2D eigenvalue weighted by molar-refractivity contribution is 7.22. The summed E-state index contributed by atoms with van der Waals surface area (Å²) in [4.78, 5) is 28.2. The van der Waals surface area contributed by atoms with Crippen LogP contribution in [-0.4, -0.2) is 30.0 Å². The van der Waals surface area contributed by atoms with Crippen LogP contribution >= 0.6 is 34.3 Å². The minimum atomic E-state index is -0.493. The molecule has 8 nitrogen and oxygen atoms in total. The lowest BCUT2D eigenvalue weighted by molar-refractivity contribution is -0.382. The molecule has 0 saturated carbocycles. The number of hydrogen-bond acceptors (Lipinski definition) is 8. The lowest BCUT2D eigenvalue weighted by Gasteiger charge is -2.08. The predicted molar refractivity (Wildman–Crippen MR) is 122 cm³/mol. The molecule has 0 unspecified atom stereocenters. The molecule has 0 spiro atoms. The molecule has 1 amide bonds. The third kappa shape index (κ3) is 3.92. The molecular weight excluding hydrogens is 462 g/mol. The molecule has 0 radical (unpaired) electrons. The van der Waals surface area contributed by atoms with Gasteiger partial charge in [-0.15, -0.1) is 22.7 Å². The molecule has 11 heteroatoms. The summed E-state index contributed by atoms with van der Waals surface area (Å²) >= 11 is 8.57. The summed E-state index contributed by atoms with van der Waals surface area (Å²) in [7, 11) is 3.11.